The van der Waals surface area contributed by atoms with Crippen LogP contribution in [0.5, 0.6) is 0 Å². The summed E-state index contributed by atoms with van der Waals surface area (Å²) in [5.41, 5.74) is 0. The van der Waals surface area contributed by atoms with Crippen molar-refractivity contribution in [2.75, 3.05) is 24.7 Å². The predicted molar refractivity (Wildman–Crippen MR) is 58.1 cm³/mol. The highest BCUT2D eigenvalue weighted by Gasteiger charge is 2.34. The van der Waals surface area contributed by atoms with Gasteiger partial charge in [0, 0.05) is 12.6 Å². The number of hydrogen-bond donors (Lipinski definition) is 2. The van der Waals surface area contributed by atoms with Gasteiger partial charge in [-0.05, 0) is 6.42 Å². The number of rotatable bonds is 5. The minimum atomic E-state index is -3.14. The van der Waals surface area contributed by atoms with Gasteiger partial charge in [0.2, 0.25) is 5.91 Å². The maximum atomic E-state index is 11.6. The van der Waals surface area contributed by atoms with Gasteiger partial charge in [-0.15, -0.1) is 0 Å². The third-order valence-corrected chi connectivity index (χ3v) is 4.36. The monoisotopic (exact) mass is 265 g/mol. The van der Waals surface area contributed by atoms with E-state index in [1.807, 2.05) is 0 Å². The van der Waals surface area contributed by atoms with E-state index in [0.717, 1.165) is 4.90 Å². The van der Waals surface area contributed by atoms with Crippen molar-refractivity contribution in [2.45, 2.75) is 18.9 Å². The second-order valence-electron chi connectivity index (χ2n) is 3.94. The van der Waals surface area contributed by atoms with Crippen molar-refractivity contribution in [3.8, 4) is 0 Å². The summed E-state index contributed by atoms with van der Waals surface area (Å²) in [6.07, 6.45) is -0.385. The molecule has 0 aromatic rings. The molecule has 0 radical (unpaired) electrons. The fraction of sp³-hybridized carbons (Fsp3) is 0.778. The molecule has 2 N–H and O–H groups in total. The molecule has 1 amide bonds. The lowest BCUT2D eigenvalue weighted by molar-refractivity contribution is -0.145. The van der Waals surface area contributed by atoms with Gasteiger partial charge in [-0.2, -0.15) is 0 Å². The first-order valence-corrected chi connectivity index (χ1v) is 7.00. The topological polar surface area (TPSA) is 112 Å². The Morgan fingerprint density at radius 2 is 2.00 bits per heavy atom. The molecule has 8 heteroatoms. The van der Waals surface area contributed by atoms with Crippen molar-refractivity contribution in [1.29, 1.82) is 0 Å². The number of aliphatic carboxylic acids is 1. The van der Waals surface area contributed by atoms with E-state index in [9.17, 15) is 18.0 Å². The fourth-order valence-corrected chi connectivity index (χ4v) is 3.60. The van der Waals surface area contributed by atoms with E-state index in [-0.39, 0.29) is 24.7 Å². The number of carboxylic acids is 1. The highest BCUT2D eigenvalue weighted by molar-refractivity contribution is 7.91. The van der Waals surface area contributed by atoms with Crippen LogP contribution in [0.25, 0.3) is 0 Å². The van der Waals surface area contributed by atoms with Crippen molar-refractivity contribution < 1.29 is 28.2 Å². The molecule has 1 rings (SSSR count). The van der Waals surface area contributed by atoms with Crippen LogP contribution in [0.1, 0.15) is 12.8 Å². The first-order chi connectivity index (χ1) is 7.85. The maximum Gasteiger partial charge on any atom is 0.312 e. The lowest BCUT2D eigenvalue weighted by Crippen LogP contribution is -2.43. The quantitative estimate of drug-likeness (QED) is 0.583. The van der Waals surface area contributed by atoms with Crippen LogP contribution in [0.15, 0.2) is 0 Å². The zero-order chi connectivity index (χ0) is 13.1. The second kappa shape index (κ2) is 5.46. The molecule has 1 unspecified atom stereocenters. The Bertz CT molecular complexity index is 404. The SMILES string of the molecule is O=C(O)CC(=O)N(CCO)C1CCS(=O)(=O)C1. The van der Waals surface area contributed by atoms with Crippen LogP contribution in [0.3, 0.4) is 0 Å². The number of sulfone groups is 1. The largest absolute Gasteiger partial charge is 0.481 e. The van der Waals surface area contributed by atoms with Gasteiger partial charge < -0.3 is 15.1 Å². The van der Waals surface area contributed by atoms with Crippen molar-refractivity contribution in [3.63, 3.8) is 0 Å². The zero-order valence-electron chi connectivity index (χ0n) is 9.20. The number of aliphatic hydroxyl groups excluding tert-OH is 1. The van der Waals surface area contributed by atoms with Gasteiger partial charge in [0.1, 0.15) is 6.42 Å². The highest BCUT2D eigenvalue weighted by Crippen LogP contribution is 2.18. The average Bonchev–Trinajstić information content (AvgIpc) is 2.53. The van der Waals surface area contributed by atoms with E-state index in [1.165, 1.54) is 0 Å². The molecule has 0 bridgehead atoms. The molecule has 7 nitrogen and oxygen atoms in total. The molecular formula is C9H15NO6S. The summed E-state index contributed by atoms with van der Waals surface area (Å²) < 4.78 is 22.6. The van der Waals surface area contributed by atoms with E-state index >= 15 is 0 Å². The molecule has 0 aliphatic carbocycles. The average molecular weight is 265 g/mol. The number of hydrogen-bond acceptors (Lipinski definition) is 5. The summed E-state index contributed by atoms with van der Waals surface area (Å²) in [6.45, 7) is -0.353. The van der Waals surface area contributed by atoms with Crippen LogP contribution in [0.4, 0.5) is 0 Å². The smallest absolute Gasteiger partial charge is 0.312 e. The van der Waals surface area contributed by atoms with Gasteiger partial charge in [-0.3, -0.25) is 9.59 Å². The number of carboxylic acid groups (broad SMARTS) is 1. The molecule has 98 valence electrons. The van der Waals surface area contributed by atoms with Crippen molar-refractivity contribution >= 4 is 21.7 Å². The molecule has 0 saturated carbocycles. The van der Waals surface area contributed by atoms with Gasteiger partial charge in [-0.1, -0.05) is 0 Å². The van der Waals surface area contributed by atoms with Gasteiger partial charge in [0.05, 0.1) is 18.1 Å². The Balaban J connectivity index is 2.72. The Morgan fingerprint density at radius 1 is 1.35 bits per heavy atom. The molecule has 1 aliphatic heterocycles. The van der Waals surface area contributed by atoms with Crippen LogP contribution >= 0.6 is 0 Å². The van der Waals surface area contributed by atoms with E-state index in [2.05, 4.69) is 0 Å². The van der Waals surface area contributed by atoms with E-state index in [1.54, 1.807) is 0 Å². The third-order valence-electron chi connectivity index (χ3n) is 2.61. The number of carbonyl (C=O) groups excluding carboxylic acids is 1. The van der Waals surface area contributed by atoms with Crippen LogP contribution in [-0.2, 0) is 19.4 Å². The zero-order valence-corrected chi connectivity index (χ0v) is 10.0. The summed E-state index contributed by atoms with van der Waals surface area (Å²) in [5, 5.41) is 17.3. The van der Waals surface area contributed by atoms with E-state index in [4.69, 9.17) is 10.2 Å². The Kier molecular flexibility index (Phi) is 4.47. The lowest BCUT2D eigenvalue weighted by atomic mass is 10.2. The molecule has 1 atom stereocenters. The van der Waals surface area contributed by atoms with Gasteiger partial charge >= 0.3 is 5.97 Å². The Hall–Kier alpha value is -1.15. The van der Waals surface area contributed by atoms with Crippen molar-refractivity contribution in [1.82, 2.24) is 4.90 Å². The van der Waals surface area contributed by atoms with E-state index in [0.29, 0.717) is 6.42 Å². The maximum absolute atomic E-state index is 11.6. The van der Waals surface area contributed by atoms with Crippen molar-refractivity contribution in [2.24, 2.45) is 0 Å². The molecule has 0 spiro atoms. The summed E-state index contributed by atoms with van der Waals surface area (Å²) >= 11 is 0. The van der Waals surface area contributed by atoms with E-state index < -0.39 is 34.2 Å². The summed E-state index contributed by atoms with van der Waals surface area (Å²) in [4.78, 5) is 23.2. The molecule has 1 heterocycles. The predicted octanol–water partition coefficient (Wildman–Crippen LogP) is -1.53. The van der Waals surface area contributed by atoms with Crippen LogP contribution < -0.4 is 0 Å². The van der Waals surface area contributed by atoms with Crippen molar-refractivity contribution in [3.05, 3.63) is 0 Å². The first-order valence-electron chi connectivity index (χ1n) is 5.18. The fourth-order valence-electron chi connectivity index (χ4n) is 1.87. The molecule has 0 aromatic carbocycles. The molecule has 0 aromatic heterocycles. The molecular weight excluding hydrogens is 250 g/mol. The summed E-state index contributed by atoms with van der Waals surface area (Å²) in [7, 11) is -3.14. The van der Waals surface area contributed by atoms with Crippen LogP contribution in [0, 0.1) is 0 Å². The highest BCUT2D eigenvalue weighted by atomic mass is 32.2. The minimum absolute atomic E-state index is 0.0000529. The lowest BCUT2D eigenvalue weighted by Gasteiger charge is -2.26. The second-order valence-corrected chi connectivity index (χ2v) is 6.17. The number of aliphatic hydroxyl groups is 1. The van der Waals surface area contributed by atoms with Gasteiger partial charge in [0.25, 0.3) is 0 Å². The standard InChI is InChI=1S/C9H15NO6S/c11-3-2-10(8(12)5-9(13)14)7-1-4-17(15,16)6-7/h7,11H,1-6H2,(H,13,14). The number of amides is 1. The van der Waals surface area contributed by atoms with Gasteiger partial charge in [-0.25, -0.2) is 8.42 Å². The molecule has 1 fully saturated rings. The van der Waals surface area contributed by atoms with Gasteiger partial charge in [0.15, 0.2) is 9.84 Å². The number of carbonyl (C=O) groups is 2. The molecule has 1 saturated heterocycles. The minimum Gasteiger partial charge on any atom is -0.481 e. The summed E-state index contributed by atoms with van der Waals surface area (Å²) in [5.74, 6) is -2.08. The molecule has 17 heavy (non-hydrogen) atoms. The molecule has 1 aliphatic rings. The Labute approximate surface area is 98.9 Å². The third kappa shape index (κ3) is 3.97. The Morgan fingerprint density at radius 3 is 2.41 bits per heavy atom. The summed E-state index contributed by atoms with van der Waals surface area (Å²) in [6, 6.07) is -0.515. The number of nitrogens with zero attached hydrogens (tertiary/aromatic N) is 1. The van der Waals surface area contributed by atoms with Crippen LogP contribution in [0.2, 0.25) is 0 Å². The van der Waals surface area contributed by atoms with Crippen LogP contribution in [-0.4, -0.2) is 66.1 Å². The normalized spacial score (nSPS) is 22.3. The first kappa shape index (κ1) is 13.9.